The van der Waals surface area contributed by atoms with Gasteiger partial charge in [0.1, 0.15) is 0 Å². The molecule has 0 unspecified atom stereocenters. The van der Waals surface area contributed by atoms with Crippen molar-refractivity contribution >= 4 is 11.6 Å². The Morgan fingerprint density at radius 1 is 1.04 bits per heavy atom. The number of nitrogens with one attached hydrogen (secondary N) is 1. The molecular formula is C19H20N2O2. The van der Waals surface area contributed by atoms with Gasteiger partial charge in [-0.1, -0.05) is 60.7 Å². The molecule has 4 nitrogen and oxygen atoms in total. The van der Waals surface area contributed by atoms with Crippen LogP contribution in [-0.4, -0.2) is 16.7 Å². The van der Waals surface area contributed by atoms with Crippen molar-refractivity contribution in [3.05, 3.63) is 71.8 Å². The van der Waals surface area contributed by atoms with E-state index in [9.17, 15) is 9.90 Å². The summed E-state index contributed by atoms with van der Waals surface area (Å²) in [5, 5.41) is 15.4. The van der Waals surface area contributed by atoms with Crippen molar-refractivity contribution in [3.8, 4) is 0 Å². The van der Waals surface area contributed by atoms with Crippen molar-refractivity contribution in [2.24, 2.45) is 11.0 Å². The number of hydrazone groups is 1. The van der Waals surface area contributed by atoms with Gasteiger partial charge in [-0.15, -0.1) is 0 Å². The van der Waals surface area contributed by atoms with E-state index in [2.05, 4.69) is 10.5 Å². The van der Waals surface area contributed by atoms with Gasteiger partial charge in [0, 0.05) is 5.71 Å². The average molecular weight is 308 g/mol. The van der Waals surface area contributed by atoms with Gasteiger partial charge in [0.15, 0.2) is 5.60 Å². The maximum Gasteiger partial charge on any atom is 0.281 e. The summed E-state index contributed by atoms with van der Waals surface area (Å²) in [6, 6.07) is 17.9. The minimum atomic E-state index is -1.77. The maximum atomic E-state index is 12.7. The molecule has 2 N–H and O–H groups in total. The van der Waals surface area contributed by atoms with E-state index in [1.165, 1.54) is 0 Å². The number of carbonyl (C=O) groups is 1. The van der Waals surface area contributed by atoms with Crippen LogP contribution in [0.3, 0.4) is 0 Å². The van der Waals surface area contributed by atoms with Crippen LogP contribution in [0, 0.1) is 5.92 Å². The highest BCUT2D eigenvalue weighted by Gasteiger charge is 2.40. The SMILES string of the molecule is C/C(=N/NC(=O)C(O)(c1ccccc1)c1ccccc1)C1CC1. The van der Waals surface area contributed by atoms with Gasteiger partial charge in [0.05, 0.1) is 0 Å². The number of nitrogens with zero attached hydrogens (tertiary/aromatic N) is 1. The van der Waals surface area contributed by atoms with Crippen LogP contribution < -0.4 is 5.43 Å². The zero-order valence-corrected chi connectivity index (χ0v) is 13.1. The lowest BCUT2D eigenvalue weighted by atomic mass is 9.85. The minimum Gasteiger partial charge on any atom is -0.372 e. The lowest BCUT2D eigenvalue weighted by molar-refractivity contribution is -0.136. The molecule has 2 aromatic rings. The van der Waals surface area contributed by atoms with Gasteiger partial charge in [0.2, 0.25) is 0 Å². The Morgan fingerprint density at radius 2 is 1.52 bits per heavy atom. The monoisotopic (exact) mass is 308 g/mol. The standard InChI is InChI=1S/C19H20N2O2/c1-14(15-12-13-15)20-21-18(22)19(23,16-8-4-2-5-9-16)17-10-6-3-7-11-17/h2-11,15,23H,12-13H2,1H3,(H,21,22)/b20-14-. The summed E-state index contributed by atoms with van der Waals surface area (Å²) in [4.78, 5) is 12.7. The third kappa shape index (κ3) is 3.17. The second-order valence-corrected chi connectivity index (χ2v) is 5.91. The van der Waals surface area contributed by atoms with Gasteiger partial charge in [-0.05, 0) is 36.8 Å². The summed E-state index contributed by atoms with van der Waals surface area (Å²) in [7, 11) is 0. The quantitative estimate of drug-likeness (QED) is 0.659. The molecule has 1 aliphatic rings. The molecule has 2 aromatic carbocycles. The van der Waals surface area contributed by atoms with Crippen molar-refractivity contribution < 1.29 is 9.90 Å². The number of rotatable bonds is 5. The van der Waals surface area contributed by atoms with E-state index in [0.29, 0.717) is 17.0 Å². The van der Waals surface area contributed by atoms with E-state index in [4.69, 9.17) is 0 Å². The van der Waals surface area contributed by atoms with Crippen LogP contribution in [0.25, 0.3) is 0 Å². The maximum absolute atomic E-state index is 12.7. The van der Waals surface area contributed by atoms with Crippen LogP contribution in [0.2, 0.25) is 0 Å². The molecule has 0 aliphatic heterocycles. The Labute approximate surface area is 135 Å². The Morgan fingerprint density at radius 3 is 1.96 bits per heavy atom. The number of amides is 1. The molecule has 0 radical (unpaired) electrons. The smallest absolute Gasteiger partial charge is 0.281 e. The fourth-order valence-electron chi connectivity index (χ4n) is 2.60. The van der Waals surface area contributed by atoms with Crippen LogP contribution in [0.15, 0.2) is 65.8 Å². The fraction of sp³-hybridized carbons (Fsp3) is 0.263. The first-order valence-corrected chi connectivity index (χ1v) is 7.80. The first kappa shape index (κ1) is 15.4. The number of benzene rings is 2. The Kier molecular flexibility index (Phi) is 4.26. The molecule has 1 fully saturated rings. The molecule has 1 aliphatic carbocycles. The van der Waals surface area contributed by atoms with Crippen molar-refractivity contribution in [2.45, 2.75) is 25.4 Å². The van der Waals surface area contributed by atoms with Crippen LogP contribution in [0.5, 0.6) is 0 Å². The van der Waals surface area contributed by atoms with E-state index < -0.39 is 11.5 Å². The lowest BCUT2D eigenvalue weighted by Gasteiger charge is -2.27. The molecule has 1 amide bonds. The van der Waals surface area contributed by atoms with Crippen LogP contribution in [0.1, 0.15) is 30.9 Å². The van der Waals surface area contributed by atoms with Crippen molar-refractivity contribution in [3.63, 3.8) is 0 Å². The molecule has 0 saturated heterocycles. The molecular weight excluding hydrogens is 288 g/mol. The third-order valence-corrected chi connectivity index (χ3v) is 4.21. The van der Waals surface area contributed by atoms with Crippen LogP contribution in [0.4, 0.5) is 0 Å². The minimum absolute atomic E-state index is 0.469. The van der Waals surface area contributed by atoms with Crippen molar-refractivity contribution in [2.75, 3.05) is 0 Å². The van der Waals surface area contributed by atoms with Gasteiger partial charge in [-0.3, -0.25) is 4.79 Å². The highest BCUT2D eigenvalue weighted by Crippen LogP contribution is 2.31. The molecule has 23 heavy (non-hydrogen) atoms. The summed E-state index contributed by atoms with van der Waals surface area (Å²) in [6.45, 7) is 1.90. The first-order chi connectivity index (χ1) is 11.1. The van der Waals surface area contributed by atoms with Gasteiger partial charge in [0.25, 0.3) is 5.91 Å². The van der Waals surface area contributed by atoms with E-state index in [1.54, 1.807) is 48.5 Å². The van der Waals surface area contributed by atoms with E-state index in [-0.39, 0.29) is 0 Å². The van der Waals surface area contributed by atoms with E-state index in [1.807, 2.05) is 19.1 Å². The van der Waals surface area contributed by atoms with Crippen LogP contribution >= 0.6 is 0 Å². The average Bonchev–Trinajstić information content (AvgIpc) is 3.45. The van der Waals surface area contributed by atoms with Gasteiger partial charge in [-0.2, -0.15) is 5.10 Å². The second kappa shape index (κ2) is 6.34. The number of aliphatic hydroxyl groups is 1. The Balaban J connectivity index is 1.95. The number of hydrogen-bond acceptors (Lipinski definition) is 3. The summed E-state index contributed by atoms with van der Waals surface area (Å²) >= 11 is 0. The largest absolute Gasteiger partial charge is 0.372 e. The van der Waals surface area contributed by atoms with Gasteiger partial charge in [-0.25, -0.2) is 5.43 Å². The lowest BCUT2D eigenvalue weighted by Crippen LogP contribution is -2.43. The molecule has 0 aromatic heterocycles. The zero-order chi connectivity index (χ0) is 16.3. The topological polar surface area (TPSA) is 61.7 Å². The predicted octanol–water partition coefficient (Wildman–Crippen LogP) is 2.82. The fourth-order valence-corrected chi connectivity index (χ4v) is 2.60. The number of hydrogen-bond donors (Lipinski definition) is 2. The summed E-state index contributed by atoms with van der Waals surface area (Å²) < 4.78 is 0. The van der Waals surface area contributed by atoms with Crippen molar-refractivity contribution in [1.82, 2.24) is 5.43 Å². The third-order valence-electron chi connectivity index (χ3n) is 4.21. The summed E-state index contributed by atoms with van der Waals surface area (Å²) in [6.07, 6.45) is 2.24. The molecule has 0 bridgehead atoms. The Hall–Kier alpha value is -2.46. The predicted molar refractivity (Wildman–Crippen MR) is 89.9 cm³/mol. The Bertz CT molecular complexity index is 667. The highest BCUT2D eigenvalue weighted by atomic mass is 16.3. The van der Waals surface area contributed by atoms with Crippen LogP contribution in [-0.2, 0) is 10.4 Å². The molecule has 118 valence electrons. The second-order valence-electron chi connectivity index (χ2n) is 5.91. The number of carbonyl (C=O) groups excluding carboxylic acids is 1. The highest BCUT2D eigenvalue weighted by molar-refractivity contribution is 5.92. The molecule has 3 rings (SSSR count). The van der Waals surface area contributed by atoms with E-state index >= 15 is 0 Å². The molecule has 0 spiro atoms. The summed E-state index contributed by atoms with van der Waals surface area (Å²) in [5.74, 6) is -0.0771. The zero-order valence-electron chi connectivity index (χ0n) is 13.1. The molecule has 4 heteroatoms. The van der Waals surface area contributed by atoms with E-state index in [0.717, 1.165) is 18.6 Å². The van der Waals surface area contributed by atoms with Gasteiger partial charge >= 0.3 is 0 Å². The van der Waals surface area contributed by atoms with Gasteiger partial charge < -0.3 is 5.11 Å². The molecule has 1 saturated carbocycles. The molecule has 0 heterocycles. The van der Waals surface area contributed by atoms with Crippen molar-refractivity contribution in [1.29, 1.82) is 0 Å². The first-order valence-electron chi connectivity index (χ1n) is 7.80. The summed E-state index contributed by atoms with van der Waals surface area (Å²) in [5.41, 5.74) is 2.71. The molecule has 0 atom stereocenters. The normalized spacial score (nSPS) is 15.3.